The second-order valence-electron chi connectivity index (χ2n) is 4.98. The number of fused-ring (bicyclic) bond motifs is 1. The molecule has 0 fully saturated rings. The predicted molar refractivity (Wildman–Crippen MR) is 77.0 cm³/mol. The molecular weight excluding hydrogens is 224 g/mol. The number of imidazole rings is 1. The fourth-order valence-electron chi connectivity index (χ4n) is 1.91. The van der Waals surface area contributed by atoms with Crippen molar-refractivity contribution < 1.29 is 0 Å². The molecule has 0 unspecified atom stereocenters. The standard InChI is InChI=1S/C14H22N4/c1-11(2)17(3)10-9-15-14-16-12-7-5-6-8-13(12)18(14)4/h5-8,11H,9-10H2,1-4H3,(H,15,16). The Labute approximate surface area is 109 Å². The van der Waals surface area contributed by atoms with Gasteiger partial charge in [-0.05, 0) is 33.0 Å². The zero-order valence-electron chi connectivity index (χ0n) is 11.6. The molecule has 0 saturated carbocycles. The molecule has 4 nitrogen and oxygen atoms in total. The van der Waals surface area contributed by atoms with Gasteiger partial charge in [-0.3, -0.25) is 0 Å². The number of anilines is 1. The fraction of sp³-hybridized carbons (Fsp3) is 0.500. The van der Waals surface area contributed by atoms with Crippen molar-refractivity contribution in [1.29, 1.82) is 0 Å². The van der Waals surface area contributed by atoms with Crippen LogP contribution in [0, 0.1) is 0 Å². The lowest BCUT2D eigenvalue weighted by atomic mass is 10.3. The Kier molecular flexibility index (Phi) is 3.87. The normalized spacial score (nSPS) is 11.7. The lowest BCUT2D eigenvalue weighted by molar-refractivity contribution is 0.284. The fourth-order valence-corrected chi connectivity index (χ4v) is 1.91. The summed E-state index contributed by atoms with van der Waals surface area (Å²) in [6, 6.07) is 8.77. The Morgan fingerprint density at radius 2 is 2.06 bits per heavy atom. The van der Waals surface area contributed by atoms with Gasteiger partial charge in [0.1, 0.15) is 0 Å². The lowest BCUT2D eigenvalue weighted by Crippen LogP contribution is -2.31. The summed E-state index contributed by atoms with van der Waals surface area (Å²) in [4.78, 5) is 6.90. The average molecular weight is 246 g/mol. The Morgan fingerprint density at radius 1 is 1.33 bits per heavy atom. The number of nitrogens with zero attached hydrogens (tertiary/aromatic N) is 3. The van der Waals surface area contributed by atoms with Crippen molar-refractivity contribution in [3.8, 4) is 0 Å². The number of hydrogen-bond acceptors (Lipinski definition) is 3. The van der Waals surface area contributed by atoms with Crippen molar-refractivity contribution in [1.82, 2.24) is 14.5 Å². The SMILES string of the molecule is CC(C)N(C)CCNc1nc2ccccc2n1C. The largest absolute Gasteiger partial charge is 0.354 e. The summed E-state index contributed by atoms with van der Waals surface area (Å²) in [5.74, 6) is 0.938. The summed E-state index contributed by atoms with van der Waals surface area (Å²) in [5, 5.41) is 3.40. The van der Waals surface area contributed by atoms with Crippen LogP contribution >= 0.6 is 0 Å². The molecule has 0 amide bonds. The van der Waals surface area contributed by atoms with Crippen LogP contribution < -0.4 is 5.32 Å². The Hall–Kier alpha value is -1.55. The molecule has 0 atom stereocenters. The molecule has 0 aliphatic carbocycles. The van der Waals surface area contributed by atoms with Gasteiger partial charge >= 0.3 is 0 Å². The molecule has 0 radical (unpaired) electrons. The van der Waals surface area contributed by atoms with Crippen LogP contribution in [0.2, 0.25) is 0 Å². The molecule has 0 spiro atoms. The number of likely N-dealkylation sites (N-methyl/N-ethyl adjacent to an activating group) is 1. The molecule has 4 heteroatoms. The van der Waals surface area contributed by atoms with Gasteiger partial charge in [0.2, 0.25) is 5.95 Å². The quantitative estimate of drug-likeness (QED) is 0.879. The van der Waals surface area contributed by atoms with Crippen molar-refractivity contribution in [3.63, 3.8) is 0 Å². The van der Waals surface area contributed by atoms with Crippen molar-refractivity contribution in [2.24, 2.45) is 7.05 Å². The molecule has 1 N–H and O–H groups in total. The van der Waals surface area contributed by atoms with Crippen LogP contribution in [0.15, 0.2) is 24.3 Å². The maximum Gasteiger partial charge on any atom is 0.203 e. The zero-order valence-corrected chi connectivity index (χ0v) is 11.6. The van der Waals surface area contributed by atoms with E-state index < -0.39 is 0 Å². The van der Waals surface area contributed by atoms with Gasteiger partial charge in [0.15, 0.2) is 0 Å². The highest BCUT2D eigenvalue weighted by molar-refractivity contribution is 5.78. The third-order valence-corrected chi connectivity index (χ3v) is 3.42. The van der Waals surface area contributed by atoms with Crippen molar-refractivity contribution >= 4 is 17.0 Å². The van der Waals surface area contributed by atoms with E-state index in [1.165, 1.54) is 0 Å². The monoisotopic (exact) mass is 246 g/mol. The second kappa shape index (κ2) is 5.40. The predicted octanol–water partition coefficient (Wildman–Crippen LogP) is 2.33. The number of rotatable bonds is 5. The first-order chi connectivity index (χ1) is 8.59. The van der Waals surface area contributed by atoms with Gasteiger partial charge in [-0.15, -0.1) is 0 Å². The van der Waals surface area contributed by atoms with Gasteiger partial charge in [-0.1, -0.05) is 12.1 Å². The van der Waals surface area contributed by atoms with Gasteiger partial charge in [0.25, 0.3) is 0 Å². The first-order valence-corrected chi connectivity index (χ1v) is 6.45. The molecule has 18 heavy (non-hydrogen) atoms. The lowest BCUT2D eigenvalue weighted by Gasteiger charge is -2.21. The van der Waals surface area contributed by atoms with Crippen molar-refractivity contribution in [2.75, 3.05) is 25.5 Å². The molecule has 0 bridgehead atoms. The maximum atomic E-state index is 4.59. The number of para-hydroxylation sites is 2. The third-order valence-electron chi connectivity index (χ3n) is 3.42. The zero-order chi connectivity index (χ0) is 13.1. The number of aromatic nitrogens is 2. The topological polar surface area (TPSA) is 33.1 Å². The molecule has 0 saturated heterocycles. The second-order valence-corrected chi connectivity index (χ2v) is 4.98. The Balaban J connectivity index is 2.02. The van der Waals surface area contributed by atoms with E-state index in [2.05, 4.69) is 46.7 Å². The van der Waals surface area contributed by atoms with Crippen LogP contribution in [-0.4, -0.2) is 40.6 Å². The van der Waals surface area contributed by atoms with E-state index >= 15 is 0 Å². The van der Waals surface area contributed by atoms with Crippen LogP contribution in [-0.2, 0) is 7.05 Å². The van der Waals surface area contributed by atoms with E-state index in [1.54, 1.807) is 0 Å². The summed E-state index contributed by atoms with van der Waals surface area (Å²) in [7, 11) is 4.19. The Morgan fingerprint density at radius 3 is 2.72 bits per heavy atom. The van der Waals surface area contributed by atoms with E-state index in [1.807, 2.05) is 25.2 Å². The number of hydrogen-bond donors (Lipinski definition) is 1. The molecule has 0 aliphatic rings. The van der Waals surface area contributed by atoms with E-state index in [-0.39, 0.29) is 0 Å². The molecule has 1 aromatic carbocycles. The van der Waals surface area contributed by atoms with Gasteiger partial charge in [-0.2, -0.15) is 0 Å². The molecule has 1 heterocycles. The van der Waals surface area contributed by atoms with Gasteiger partial charge in [0.05, 0.1) is 11.0 Å². The number of aryl methyl sites for hydroxylation is 1. The van der Waals surface area contributed by atoms with Crippen molar-refractivity contribution in [3.05, 3.63) is 24.3 Å². The summed E-state index contributed by atoms with van der Waals surface area (Å²) in [6.45, 7) is 6.33. The van der Waals surface area contributed by atoms with E-state index in [9.17, 15) is 0 Å². The number of benzene rings is 1. The van der Waals surface area contributed by atoms with Crippen LogP contribution in [0.25, 0.3) is 11.0 Å². The van der Waals surface area contributed by atoms with Crippen LogP contribution in [0.1, 0.15) is 13.8 Å². The van der Waals surface area contributed by atoms with Gasteiger partial charge in [0, 0.05) is 26.2 Å². The summed E-state index contributed by atoms with van der Waals surface area (Å²) in [5.41, 5.74) is 2.21. The minimum absolute atomic E-state index is 0.576. The first kappa shape index (κ1) is 12.9. The highest BCUT2D eigenvalue weighted by atomic mass is 15.2. The van der Waals surface area contributed by atoms with E-state index in [0.717, 1.165) is 30.1 Å². The summed E-state index contributed by atoms with van der Waals surface area (Å²) < 4.78 is 2.10. The van der Waals surface area contributed by atoms with Crippen molar-refractivity contribution in [2.45, 2.75) is 19.9 Å². The van der Waals surface area contributed by atoms with E-state index in [4.69, 9.17) is 0 Å². The summed E-state index contributed by atoms with van der Waals surface area (Å²) >= 11 is 0. The minimum atomic E-state index is 0.576. The highest BCUT2D eigenvalue weighted by Crippen LogP contribution is 2.17. The van der Waals surface area contributed by atoms with Crippen LogP contribution in [0.4, 0.5) is 5.95 Å². The van der Waals surface area contributed by atoms with E-state index in [0.29, 0.717) is 6.04 Å². The van der Waals surface area contributed by atoms with Crippen LogP contribution in [0.5, 0.6) is 0 Å². The van der Waals surface area contributed by atoms with Gasteiger partial charge < -0.3 is 14.8 Å². The average Bonchev–Trinajstić information content (AvgIpc) is 2.67. The van der Waals surface area contributed by atoms with Gasteiger partial charge in [-0.25, -0.2) is 4.98 Å². The first-order valence-electron chi connectivity index (χ1n) is 6.45. The smallest absolute Gasteiger partial charge is 0.203 e. The third kappa shape index (κ3) is 2.64. The maximum absolute atomic E-state index is 4.59. The molecule has 1 aromatic heterocycles. The Bertz CT molecular complexity index is 515. The molecule has 2 aromatic rings. The molecule has 2 rings (SSSR count). The minimum Gasteiger partial charge on any atom is -0.354 e. The summed E-state index contributed by atoms with van der Waals surface area (Å²) in [6.07, 6.45) is 0. The molecule has 98 valence electrons. The molecular formula is C14H22N4. The van der Waals surface area contributed by atoms with Crippen LogP contribution in [0.3, 0.4) is 0 Å². The highest BCUT2D eigenvalue weighted by Gasteiger charge is 2.07. The number of nitrogens with one attached hydrogen (secondary N) is 1. The molecule has 0 aliphatic heterocycles.